The van der Waals surface area contributed by atoms with E-state index in [1.165, 1.54) is 25.7 Å². The van der Waals surface area contributed by atoms with Crippen molar-refractivity contribution in [2.24, 2.45) is 0 Å². The molecule has 234 valence electrons. The molecule has 0 saturated carbocycles. The van der Waals surface area contributed by atoms with E-state index in [1.807, 2.05) is 90.2 Å². The molecule has 0 aliphatic rings. The number of thiophene rings is 1. The smallest absolute Gasteiger partial charge is 0.164 e. The molecule has 10 rings (SSSR count). The monoisotopic (exact) mass is 657 g/mol. The minimum absolute atomic E-state index is 0.618. The van der Waals surface area contributed by atoms with Crippen molar-refractivity contribution < 1.29 is 4.42 Å². The second-order valence-electron chi connectivity index (χ2n) is 12.4. The van der Waals surface area contributed by atoms with Crippen LogP contribution in [0.15, 0.2) is 168 Å². The van der Waals surface area contributed by atoms with Gasteiger partial charge in [-0.1, -0.05) is 121 Å². The van der Waals surface area contributed by atoms with Crippen LogP contribution in [0.1, 0.15) is 0 Å². The van der Waals surface area contributed by atoms with Crippen LogP contribution in [0.3, 0.4) is 0 Å². The molecule has 4 nitrogen and oxygen atoms in total. The fourth-order valence-electron chi connectivity index (χ4n) is 7.04. The van der Waals surface area contributed by atoms with Gasteiger partial charge in [0.15, 0.2) is 17.5 Å². The molecule has 0 saturated heterocycles. The van der Waals surface area contributed by atoms with Gasteiger partial charge in [-0.2, -0.15) is 0 Å². The van der Waals surface area contributed by atoms with Gasteiger partial charge in [-0.15, -0.1) is 11.3 Å². The molecule has 0 bridgehead atoms. The number of rotatable bonds is 5. The van der Waals surface area contributed by atoms with Gasteiger partial charge in [-0.25, -0.2) is 15.0 Å². The maximum Gasteiger partial charge on any atom is 0.164 e. The standard InChI is InChI=1S/C45H27N3OS/c1-3-13-28(14-4-1)43-46-44(29-15-5-2-6-16-29)48-45(47-43)32-26-30(33-19-11-22-38-41(33)35-17-7-9-21-37(35)49-38)25-31(27-32)34-20-12-24-40-42(34)36-18-8-10-23-39(36)50-40/h1-27H. The molecule has 0 fully saturated rings. The predicted molar refractivity (Wildman–Crippen MR) is 207 cm³/mol. The fraction of sp³-hybridized carbons (Fsp3) is 0. The van der Waals surface area contributed by atoms with Crippen LogP contribution in [0.4, 0.5) is 0 Å². The lowest BCUT2D eigenvalue weighted by atomic mass is 9.92. The van der Waals surface area contributed by atoms with E-state index in [1.54, 1.807) is 0 Å². The zero-order valence-electron chi connectivity index (χ0n) is 26.7. The number of hydrogen-bond donors (Lipinski definition) is 0. The van der Waals surface area contributed by atoms with E-state index < -0.39 is 0 Å². The Balaban J connectivity index is 1.28. The minimum atomic E-state index is 0.618. The lowest BCUT2D eigenvalue weighted by Crippen LogP contribution is -2.00. The average molecular weight is 658 g/mol. The molecular formula is C45H27N3OS. The van der Waals surface area contributed by atoms with Gasteiger partial charge in [0.1, 0.15) is 11.2 Å². The summed E-state index contributed by atoms with van der Waals surface area (Å²) in [7, 11) is 0. The van der Waals surface area contributed by atoms with Crippen LogP contribution >= 0.6 is 11.3 Å². The van der Waals surface area contributed by atoms with Gasteiger partial charge >= 0.3 is 0 Å². The number of hydrogen-bond acceptors (Lipinski definition) is 5. The molecule has 5 heteroatoms. The molecule has 50 heavy (non-hydrogen) atoms. The second-order valence-corrected chi connectivity index (χ2v) is 13.5. The summed E-state index contributed by atoms with van der Waals surface area (Å²) in [5.74, 6) is 1.89. The van der Waals surface area contributed by atoms with E-state index in [0.717, 1.165) is 55.3 Å². The minimum Gasteiger partial charge on any atom is -0.456 e. The molecule has 0 unspecified atom stereocenters. The number of benzene rings is 7. The summed E-state index contributed by atoms with van der Waals surface area (Å²) in [6.07, 6.45) is 0. The topological polar surface area (TPSA) is 51.8 Å². The van der Waals surface area contributed by atoms with E-state index >= 15 is 0 Å². The molecule has 10 aromatic rings. The van der Waals surface area contributed by atoms with Crippen LogP contribution in [-0.4, -0.2) is 15.0 Å². The van der Waals surface area contributed by atoms with E-state index in [-0.39, 0.29) is 0 Å². The Morgan fingerprint density at radius 2 is 0.860 bits per heavy atom. The number of nitrogens with zero attached hydrogens (tertiary/aromatic N) is 3. The van der Waals surface area contributed by atoms with Crippen molar-refractivity contribution in [1.82, 2.24) is 15.0 Å². The molecule has 3 aromatic heterocycles. The summed E-state index contributed by atoms with van der Waals surface area (Å²) in [4.78, 5) is 15.2. The maximum atomic E-state index is 6.34. The highest BCUT2D eigenvalue weighted by Crippen LogP contribution is 2.43. The van der Waals surface area contributed by atoms with E-state index in [2.05, 4.69) is 84.9 Å². The normalized spacial score (nSPS) is 11.6. The molecule has 0 radical (unpaired) electrons. The molecule has 0 amide bonds. The van der Waals surface area contributed by atoms with Gasteiger partial charge in [0.2, 0.25) is 0 Å². The highest BCUT2D eigenvalue weighted by atomic mass is 32.1. The van der Waals surface area contributed by atoms with Crippen molar-refractivity contribution in [3.05, 3.63) is 164 Å². The van der Waals surface area contributed by atoms with E-state index in [0.29, 0.717) is 17.5 Å². The van der Waals surface area contributed by atoms with Crippen LogP contribution in [0.5, 0.6) is 0 Å². The Labute approximate surface area is 292 Å². The maximum absolute atomic E-state index is 6.34. The van der Waals surface area contributed by atoms with Crippen molar-refractivity contribution in [1.29, 1.82) is 0 Å². The van der Waals surface area contributed by atoms with Crippen LogP contribution < -0.4 is 0 Å². The first kappa shape index (κ1) is 28.6. The first-order valence-corrected chi connectivity index (χ1v) is 17.4. The summed E-state index contributed by atoms with van der Waals surface area (Å²) in [6, 6.07) is 56.9. The third-order valence-corrected chi connectivity index (χ3v) is 10.5. The average Bonchev–Trinajstić information content (AvgIpc) is 3.77. The molecule has 7 aromatic carbocycles. The SMILES string of the molecule is c1ccc(-c2nc(-c3ccccc3)nc(-c3cc(-c4cccc5oc6ccccc6c45)cc(-c4cccc5sc6ccccc6c45)c3)n2)cc1. The fourth-order valence-corrected chi connectivity index (χ4v) is 8.17. The molecule has 0 atom stereocenters. The van der Waals surface area contributed by atoms with Crippen molar-refractivity contribution in [2.45, 2.75) is 0 Å². The molecule has 0 spiro atoms. The largest absolute Gasteiger partial charge is 0.456 e. The third-order valence-electron chi connectivity index (χ3n) is 9.32. The van der Waals surface area contributed by atoms with Gasteiger partial charge in [0, 0.05) is 47.6 Å². The van der Waals surface area contributed by atoms with Crippen molar-refractivity contribution in [2.75, 3.05) is 0 Å². The lowest BCUT2D eigenvalue weighted by Gasteiger charge is -2.14. The van der Waals surface area contributed by atoms with Crippen LogP contribution in [-0.2, 0) is 0 Å². The van der Waals surface area contributed by atoms with Crippen molar-refractivity contribution in [3.8, 4) is 56.4 Å². The van der Waals surface area contributed by atoms with Crippen LogP contribution in [0.2, 0.25) is 0 Å². The zero-order chi connectivity index (χ0) is 33.0. The van der Waals surface area contributed by atoms with Gasteiger partial charge < -0.3 is 4.42 Å². The highest BCUT2D eigenvalue weighted by molar-refractivity contribution is 7.25. The van der Waals surface area contributed by atoms with E-state index in [9.17, 15) is 0 Å². The third kappa shape index (κ3) is 4.79. The first-order chi connectivity index (χ1) is 24.8. The van der Waals surface area contributed by atoms with Gasteiger partial charge in [-0.05, 0) is 64.7 Å². The summed E-state index contributed by atoms with van der Waals surface area (Å²) in [6.45, 7) is 0. The van der Waals surface area contributed by atoms with Gasteiger partial charge in [0.05, 0.1) is 0 Å². The summed E-state index contributed by atoms with van der Waals surface area (Å²) in [5.41, 5.74) is 8.95. The van der Waals surface area contributed by atoms with Crippen LogP contribution in [0.25, 0.3) is 98.5 Å². The van der Waals surface area contributed by atoms with E-state index in [4.69, 9.17) is 19.4 Å². The Bertz CT molecular complexity index is 2680. The Hall–Kier alpha value is -6.43. The zero-order valence-corrected chi connectivity index (χ0v) is 27.6. The number of furan rings is 1. The molecule has 0 aliphatic carbocycles. The number of para-hydroxylation sites is 1. The van der Waals surface area contributed by atoms with Crippen LogP contribution in [0, 0.1) is 0 Å². The highest BCUT2D eigenvalue weighted by Gasteiger charge is 2.19. The van der Waals surface area contributed by atoms with Gasteiger partial charge in [-0.3, -0.25) is 0 Å². The second kappa shape index (κ2) is 11.6. The number of fused-ring (bicyclic) bond motifs is 6. The Kier molecular flexibility index (Phi) is 6.64. The Morgan fingerprint density at radius 1 is 0.360 bits per heavy atom. The molecule has 0 aliphatic heterocycles. The number of aromatic nitrogens is 3. The lowest BCUT2D eigenvalue weighted by molar-refractivity contribution is 0.669. The quantitative estimate of drug-likeness (QED) is 0.185. The molecule has 0 N–H and O–H groups in total. The Morgan fingerprint density at radius 3 is 1.56 bits per heavy atom. The summed E-state index contributed by atoms with van der Waals surface area (Å²) >= 11 is 1.83. The predicted octanol–water partition coefficient (Wildman–Crippen LogP) is 12.5. The molecular weight excluding hydrogens is 631 g/mol. The first-order valence-electron chi connectivity index (χ1n) is 16.6. The van der Waals surface area contributed by atoms with Crippen molar-refractivity contribution >= 4 is 53.4 Å². The summed E-state index contributed by atoms with van der Waals surface area (Å²) < 4.78 is 8.87. The summed E-state index contributed by atoms with van der Waals surface area (Å²) in [5, 5.41) is 4.70. The molecule has 3 heterocycles. The van der Waals surface area contributed by atoms with Gasteiger partial charge in [0.25, 0.3) is 0 Å². The van der Waals surface area contributed by atoms with Crippen molar-refractivity contribution in [3.63, 3.8) is 0 Å².